The normalized spacial score (nSPS) is 19.1. The van der Waals surface area contributed by atoms with Crippen LogP contribution < -0.4 is 20.2 Å². The largest absolute Gasteiger partial charge is 0.481 e. The van der Waals surface area contributed by atoms with Crippen molar-refractivity contribution in [1.29, 1.82) is 0 Å². The molecule has 0 spiro atoms. The molecule has 0 aromatic heterocycles. The third-order valence-electron chi connectivity index (χ3n) is 10.9. The second-order valence-electron chi connectivity index (χ2n) is 16.8. The molecule has 0 fully saturated rings. The number of aliphatic imine (C=N–C) groups is 1. The quantitative estimate of drug-likeness (QED) is 0.108. The lowest BCUT2D eigenvalue weighted by atomic mass is 9.85. The molecule has 6 N–H and O–H groups in total. The Balaban J connectivity index is 1.93. The van der Waals surface area contributed by atoms with Gasteiger partial charge in [-0.05, 0) is 79.9 Å². The first-order chi connectivity index (χ1) is 27.4. The zero-order valence-corrected chi connectivity index (χ0v) is 38.8. The molecule has 0 bridgehead atoms. The smallest absolute Gasteiger partial charge is 0.303 e. The minimum atomic E-state index is -5.53. The zero-order valence-electron chi connectivity index (χ0n) is 33.8. The number of hydrogen-bond acceptors (Lipinski definition) is 14. The van der Waals surface area contributed by atoms with Gasteiger partial charge in [-0.15, -0.1) is 0 Å². The van der Waals surface area contributed by atoms with Gasteiger partial charge in [0.05, 0.1) is 29.1 Å². The van der Waals surface area contributed by atoms with E-state index in [2.05, 4.69) is 4.99 Å². The molecule has 3 aliphatic heterocycles. The Hall–Kier alpha value is -3.57. The molecular weight excluding hydrogens is 923 g/mol. The van der Waals surface area contributed by atoms with E-state index in [1.54, 1.807) is 50.8 Å². The van der Waals surface area contributed by atoms with Crippen LogP contribution in [0.1, 0.15) is 62.8 Å². The summed E-state index contributed by atoms with van der Waals surface area (Å²) in [6.07, 6.45) is 2.97. The van der Waals surface area contributed by atoms with Crippen molar-refractivity contribution in [1.82, 2.24) is 0 Å². The molecule has 2 aromatic carbocycles. The van der Waals surface area contributed by atoms with E-state index in [-0.39, 0.29) is 70.7 Å². The van der Waals surface area contributed by atoms with Gasteiger partial charge in [-0.25, -0.2) is 0 Å². The van der Waals surface area contributed by atoms with Crippen molar-refractivity contribution in [3.63, 3.8) is 0 Å². The molecule has 26 heteroatoms. The van der Waals surface area contributed by atoms with Crippen molar-refractivity contribution in [3.8, 4) is 0 Å². The molecule has 0 aliphatic carbocycles. The lowest BCUT2D eigenvalue weighted by Gasteiger charge is -2.46. The van der Waals surface area contributed by atoms with Crippen LogP contribution in [0.5, 0.6) is 0 Å². The van der Waals surface area contributed by atoms with E-state index < -0.39 is 104 Å². The number of aliphatic carboxylic acids is 1. The van der Waals surface area contributed by atoms with Gasteiger partial charge in [-0.2, -0.15) is 42.1 Å². The third-order valence-corrected chi connectivity index (χ3v) is 19.6. The molecule has 3 aliphatic rings. The number of carboxylic acids is 1. The molecule has 0 amide bonds. The van der Waals surface area contributed by atoms with Gasteiger partial charge < -0.3 is 14.9 Å². The highest BCUT2D eigenvalue weighted by Crippen LogP contribution is 2.44. The van der Waals surface area contributed by atoms with Crippen molar-refractivity contribution >= 4 is 103 Å². The molecule has 61 heavy (non-hydrogen) atoms. The first-order valence-electron chi connectivity index (χ1n) is 18.3. The van der Waals surface area contributed by atoms with E-state index >= 15 is 0 Å². The number of benzene rings is 2. The van der Waals surface area contributed by atoms with Gasteiger partial charge in [0.2, 0.25) is 4.58 Å². The fraction of sp³-hybridized carbons (Fsp3) is 0.486. The first-order valence-corrected chi connectivity index (χ1v) is 29.2. The second kappa shape index (κ2) is 15.9. The molecule has 0 unspecified atom stereocenters. The van der Waals surface area contributed by atoms with Crippen LogP contribution in [0, 0.1) is 0 Å². The van der Waals surface area contributed by atoms with Crippen LogP contribution in [0.2, 0.25) is 13.1 Å². The molecule has 0 saturated heterocycles. The van der Waals surface area contributed by atoms with Crippen molar-refractivity contribution < 1.29 is 74.8 Å². The zero-order chi connectivity index (χ0) is 46.3. The van der Waals surface area contributed by atoms with Crippen molar-refractivity contribution in [2.45, 2.75) is 69.3 Å². The highest BCUT2D eigenvalue weighted by molar-refractivity contribution is 8.04. The number of carboxylic acid groups (broad SMARTS) is 1. The van der Waals surface area contributed by atoms with Crippen LogP contribution in [0.15, 0.2) is 41.4 Å². The summed E-state index contributed by atoms with van der Waals surface area (Å²) in [5, 5.41) is 10.5. The number of hydrogen-bond donors (Lipinski definition) is 6. The van der Waals surface area contributed by atoms with Gasteiger partial charge in [0.15, 0.2) is 0 Å². The highest BCUT2D eigenvalue weighted by Gasteiger charge is 2.45. The minimum Gasteiger partial charge on any atom is -0.481 e. The van der Waals surface area contributed by atoms with Gasteiger partial charge in [0.25, 0.3) is 50.6 Å². The number of anilines is 2. The van der Waals surface area contributed by atoms with E-state index in [9.17, 15) is 74.8 Å². The predicted molar refractivity (Wildman–Crippen MR) is 232 cm³/mol. The number of carbonyl (C=O) groups is 1. The van der Waals surface area contributed by atoms with Gasteiger partial charge in [-0.1, -0.05) is 25.2 Å². The molecule has 0 saturated carbocycles. The first kappa shape index (κ1) is 48.5. The summed E-state index contributed by atoms with van der Waals surface area (Å²) in [6, 6.07) is 6.31. The molecule has 20 nitrogen and oxygen atoms in total. The molecular formula is C35H47N3O17S5Si. The molecule has 0 radical (unpaired) electrons. The van der Waals surface area contributed by atoms with E-state index in [0.29, 0.717) is 16.1 Å². The van der Waals surface area contributed by atoms with E-state index in [4.69, 9.17) is 0 Å². The maximum atomic E-state index is 12.4. The van der Waals surface area contributed by atoms with Gasteiger partial charge in [0, 0.05) is 53.1 Å². The Kier molecular flexibility index (Phi) is 12.6. The predicted octanol–water partition coefficient (Wildman–Crippen LogP) is 1.25. The van der Waals surface area contributed by atoms with Crippen molar-refractivity contribution in [3.05, 3.63) is 58.7 Å². The minimum absolute atomic E-state index is 0.0369. The van der Waals surface area contributed by atoms with E-state index in [1.807, 2.05) is 18.0 Å². The fourth-order valence-corrected chi connectivity index (χ4v) is 14.8. The average Bonchev–Trinajstić information content (AvgIpc) is 3.03. The maximum absolute atomic E-state index is 12.4. The monoisotopic (exact) mass is 969 g/mol. The second-order valence-corrected chi connectivity index (χ2v) is 29.1. The Morgan fingerprint density at radius 3 is 1.43 bits per heavy atom. The topological polar surface area (TPSA) is 328 Å². The van der Waals surface area contributed by atoms with Crippen LogP contribution in [-0.4, -0.2) is 142 Å². The number of fused-ring (bicyclic) bond motifs is 4. The average molecular weight is 970 g/mol. The standard InChI is InChI=1S/C35H47N3O17S5Si/c1-34(2)16-21(19-57(44,45)46)23-12-25-29(14-27(23)37(34)9-7-8-31(39)40)61(5,6)30-15-28-24(13-26(30)33(25)36-18-32(59(50,51)52)60(53,54)55)22(20-58(47,48)49)17-35(3,4)38(28)10-11-56(41,42)43/h12-17,32H,7-11,18-20H2,1-6H3,(H,39,40)(H,41,42,43)(H,44,45,46)(H,47,48,49)(H,50,51,52)(H,53,54,55). The number of nitrogens with zero attached hydrogens (tertiary/aromatic N) is 3. The molecule has 2 aromatic rings. The van der Waals surface area contributed by atoms with Gasteiger partial charge in [-0.3, -0.25) is 32.6 Å². The summed E-state index contributed by atoms with van der Waals surface area (Å²) in [5.74, 6) is -3.63. The summed E-state index contributed by atoms with van der Waals surface area (Å²) in [5.41, 5.74) is -0.755. The van der Waals surface area contributed by atoms with Gasteiger partial charge in [0.1, 0.15) is 19.6 Å². The summed E-state index contributed by atoms with van der Waals surface area (Å²) < 4.78 is 170. The number of rotatable bonds is 15. The SMILES string of the molecule is CC1(C)C=C(CS(=O)(=O)O)c2cc3c(cc2N1CCCC(=O)O)[Si](C)(C)c1cc2c(cc1C3=NCC(S(=O)(=O)O)S(=O)(=O)O)C(CS(=O)(=O)O)=CC(C)(C)N2CCS(=O)(=O)O. The van der Waals surface area contributed by atoms with Crippen LogP contribution in [-0.2, 0) is 55.4 Å². The highest BCUT2D eigenvalue weighted by atomic mass is 32.3. The Morgan fingerprint density at radius 2 is 1.07 bits per heavy atom. The van der Waals surface area contributed by atoms with Crippen molar-refractivity contribution in [2.24, 2.45) is 4.99 Å². The fourth-order valence-electron chi connectivity index (χ4n) is 8.36. The Bertz CT molecular complexity index is 2840. The van der Waals surface area contributed by atoms with Gasteiger partial charge >= 0.3 is 5.97 Å². The summed E-state index contributed by atoms with van der Waals surface area (Å²) in [7, 11) is -28.3. The maximum Gasteiger partial charge on any atom is 0.303 e. The lowest BCUT2D eigenvalue weighted by molar-refractivity contribution is -0.137. The summed E-state index contributed by atoms with van der Waals surface area (Å²) >= 11 is 0. The molecule has 3 heterocycles. The summed E-state index contributed by atoms with van der Waals surface area (Å²) in [4.78, 5) is 19.4. The Morgan fingerprint density at radius 1 is 0.656 bits per heavy atom. The summed E-state index contributed by atoms with van der Waals surface area (Å²) in [6.45, 7) is 9.13. The van der Waals surface area contributed by atoms with Crippen molar-refractivity contribution in [2.75, 3.05) is 46.7 Å². The van der Waals surface area contributed by atoms with Crippen LogP contribution in [0.25, 0.3) is 11.1 Å². The third kappa shape index (κ3) is 10.6. The van der Waals surface area contributed by atoms with E-state index in [0.717, 1.165) is 0 Å². The molecule has 338 valence electrons. The molecule has 5 rings (SSSR count). The Labute approximate surface area is 355 Å². The lowest BCUT2D eigenvalue weighted by Crippen LogP contribution is -2.61. The van der Waals surface area contributed by atoms with E-state index in [1.165, 1.54) is 18.2 Å². The van der Waals surface area contributed by atoms with Crippen LogP contribution in [0.3, 0.4) is 0 Å². The molecule has 0 atom stereocenters. The van der Waals surface area contributed by atoms with Crippen LogP contribution >= 0.6 is 0 Å². The van der Waals surface area contributed by atoms with Crippen LogP contribution in [0.4, 0.5) is 11.4 Å².